The predicted molar refractivity (Wildman–Crippen MR) is 113 cm³/mol. The maximum absolute atomic E-state index is 12.9. The summed E-state index contributed by atoms with van der Waals surface area (Å²) < 4.78 is 66.3. The molecule has 0 saturated carbocycles. The fourth-order valence-corrected chi connectivity index (χ4v) is 6.34. The Morgan fingerprint density at radius 3 is 2.33 bits per heavy atom. The van der Waals surface area contributed by atoms with Gasteiger partial charge in [-0.05, 0) is 42.5 Å². The van der Waals surface area contributed by atoms with Crippen molar-refractivity contribution in [3.05, 3.63) is 54.3 Å². The van der Waals surface area contributed by atoms with E-state index in [2.05, 4.69) is 10.0 Å². The lowest BCUT2D eigenvalue weighted by atomic mass is 10.3. The Balaban J connectivity index is 1.64. The highest BCUT2D eigenvalue weighted by Crippen LogP contribution is 2.22. The number of hydrogen-bond acceptors (Lipinski definition) is 6. The van der Waals surface area contributed by atoms with Crippen LogP contribution in [0.4, 0.5) is 10.1 Å². The average molecular weight is 474 g/mol. The normalized spacial score (nSPS) is 15.6. The largest absolute Gasteiger partial charge is 0.325 e. The number of carbonyl (C=O) groups is 1. The lowest BCUT2D eigenvalue weighted by Gasteiger charge is -2.25. The van der Waals surface area contributed by atoms with Gasteiger partial charge in [-0.25, -0.2) is 25.9 Å². The molecule has 1 fully saturated rings. The molecule has 30 heavy (non-hydrogen) atoms. The highest BCUT2D eigenvalue weighted by Gasteiger charge is 2.26. The molecule has 1 saturated heterocycles. The molecular formula is C18H20FN3O5S3. The fraction of sp³-hybridized carbons (Fsp3) is 0.278. The van der Waals surface area contributed by atoms with Crippen molar-refractivity contribution in [2.75, 3.05) is 36.5 Å². The first-order valence-electron chi connectivity index (χ1n) is 8.91. The minimum Gasteiger partial charge on any atom is -0.325 e. The lowest BCUT2D eigenvalue weighted by Crippen LogP contribution is -2.37. The van der Waals surface area contributed by atoms with Crippen molar-refractivity contribution in [2.24, 2.45) is 0 Å². The SMILES string of the molecule is O=C(CNS(=O)(=O)c1ccc(F)cc1)Nc1cccc(S(=O)(=O)N2CCSCC2)c1. The van der Waals surface area contributed by atoms with Crippen LogP contribution in [-0.2, 0) is 24.8 Å². The molecule has 1 heterocycles. The Morgan fingerprint density at radius 1 is 1.00 bits per heavy atom. The van der Waals surface area contributed by atoms with Crippen LogP contribution in [0.3, 0.4) is 0 Å². The monoisotopic (exact) mass is 473 g/mol. The van der Waals surface area contributed by atoms with Gasteiger partial charge in [0, 0.05) is 30.3 Å². The third-order valence-electron chi connectivity index (χ3n) is 4.27. The Morgan fingerprint density at radius 2 is 1.67 bits per heavy atom. The number of sulfonamides is 2. The van der Waals surface area contributed by atoms with E-state index in [-0.39, 0.29) is 15.5 Å². The van der Waals surface area contributed by atoms with Gasteiger partial charge in [0.25, 0.3) is 0 Å². The van der Waals surface area contributed by atoms with E-state index in [1.807, 2.05) is 0 Å². The number of benzene rings is 2. The summed E-state index contributed by atoms with van der Waals surface area (Å²) in [5.74, 6) is 0.197. The van der Waals surface area contributed by atoms with Gasteiger partial charge in [-0.3, -0.25) is 4.79 Å². The number of nitrogens with one attached hydrogen (secondary N) is 2. The summed E-state index contributed by atoms with van der Waals surface area (Å²) in [5, 5.41) is 2.48. The summed E-state index contributed by atoms with van der Waals surface area (Å²) >= 11 is 1.69. The van der Waals surface area contributed by atoms with Crippen LogP contribution in [0.1, 0.15) is 0 Å². The van der Waals surface area contributed by atoms with Crippen molar-refractivity contribution in [3.63, 3.8) is 0 Å². The number of rotatable bonds is 7. The van der Waals surface area contributed by atoms with Crippen LogP contribution in [0.5, 0.6) is 0 Å². The van der Waals surface area contributed by atoms with E-state index in [4.69, 9.17) is 0 Å². The van der Waals surface area contributed by atoms with E-state index in [1.54, 1.807) is 11.8 Å². The van der Waals surface area contributed by atoms with E-state index in [0.717, 1.165) is 35.8 Å². The topological polar surface area (TPSA) is 113 Å². The minimum absolute atomic E-state index is 0.0547. The quantitative estimate of drug-likeness (QED) is 0.630. The molecule has 0 unspecified atom stereocenters. The zero-order valence-electron chi connectivity index (χ0n) is 15.7. The summed E-state index contributed by atoms with van der Waals surface area (Å²) in [6, 6.07) is 9.98. The van der Waals surface area contributed by atoms with Gasteiger partial charge in [-0.1, -0.05) is 6.07 Å². The predicted octanol–water partition coefficient (Wildman–Crippen LogP) is 1.48. The number of nitrogens with zero attached hydrogens (tertiary/aromatic N) is 1. The van der Waals surface area contributed by atoms with Crippen LogP contribution in [0.15, 0.2) is 58.3 Å². The molecule has 0 bridgehead atoms. The zero-order valence-corrected chi connectivity index (χ0v) is 18.2. The van der Waals surface area contributed by atoms with E-state index in [0.29, 0.717) is 13.1 Å². The highest BCUT2D eigenvalue weighted by atomic mass is 32.2. The van der Waals surface area contributed by atoms with Gasteiger partial charge in [0.1, 0.15) is 5.82 Å². The summed E-state index contributed by atoms with van der Waals surface area (Å²) in [6.45, 7) is 0.281. The van der Waals surface area contributed by atoms with Crippen molar-refractivity contribution < 1.29 is 26.0 Å². The van der Waals surface area contributed by atoms with E-state index in [9.17, 15) is 26.0 Å². The molecule has 2 aromatic rings. The second-order valence-corrected chi connectivity index (χ2v) is 11.3. The summed E-state index contributed by atoms with van der Waals surface area (Å²) in [4.78, 5) is 12.0. The van der Waals surface area contributed by atoms with Crippen molar-refractivity contribution in [1.29, 1.82) is 0 Å². The molecule has 1 amide bonds. The molecule has 2 aromatic carbocycles. The maximum Gasteiger partial charge on any atom is 0.243 e. The number of thioether (sulfide) groups is 1. The molecule has 0 aromatic heterocycles. The van der Waals surface area contributed by atoms with Crippen LogP contribution in [0, 0.1) is 5.82 Å². The van der Waals surface area contributed by atoms with Crippen molar-refractivity contribution >= 4 is 43.4 Å². The van der Waals surface area contributed by atoms with E-state index in [1.165, 1.54) is 28.6 Å². The second kappa shape index (κ2) is 9.43. The first-order chi connectivity index (χ1) is 14.2. The fourth-order valence-electron chi connectivity index (χ4n) is 2.73. The number of hydrogen-bond donors (Lipinski definition) is 2. The van der Waals surface area contributed by atoms with Gasteiger partial charge in [0.2, 0.25) is 26.0 Å². The zero-order chi connectivity index (χ0) is 21.8. The molecule has 2 N–H and O–H groups in total. The molecule has 8 nitrogen and oxygen atoms in total. The maximum atomic E-state index is 12.9. The number of carbonyl (C=O) groups excluding carboxylic acids is 1. The van der Waals surface area contributed by atoms with Crippen LogP contribution in [0.2, 0.25) is 0 Å². The van der Waals surface area contributed by atoms with Gasteiger partial charge in [-0.15, -0.1) is 0 Å². The van der Waals surface area contributed by atoms with Crippen molar-refractivity contribution in [2.45, 2.75) is 9.79 Å². The molecule has 12 heteroatoms. The van der Waals surface area contributed by atoms with Gasteiger partial charge >= 0.3 is 0 Å². The molecular weight excluding hydrogens is 453 g/mol. The van der Waals surface area contributed by atoms with Gasteiger partial charge < -0.3 is 5.32 Å². The van der Waals surface area contributed by atoms with Crippen molar-refractivity contribution in [1.82, 2.24) is 9.03 Å². The molecule has 0 spiro atoms. The first kappa shape index (κ1) is 22.7. The van der Waals surface area contributed by atoms with Crippen LogP contribution in [0.25, 0.3) is 0 Å². The number of halogens is 1. The lowest BCUT2D eigenvalue weighted by molar-refractivity contribution is -0.115. The molecule has 0 atom stereocenters. The first-order valence-corrected chi connectivity index (χ1v) is 13.0. The molecule has 1 aliphatic rings. The standard InChI is InChI=1S/C18H20FN3O5S3/c19-14-4-6-16(7-5-14)29(24,25)20-13-18(23)21-15-2-1-3-17(12-15)30(26,27)22-8-10-28-11-9-22/h1-7,12,20H,8-11,13H2,(H,21,23). The van der Waals surface area contributed by atoms with Crippen LogP contribution >= 0.6 is 11.8 Å². The number of anilines is 1. The van der Waals surface area contributed by atoms with Crippen LogP contribution < -0.4 is 10.0 Å². The second-order valence-electron chi connectivity index (χ2n) is 6.37. The van der Waals surface area contributed by atoms with Crippen molar-refractivity contribution in [3.8, 4) is 0 Å². The Hall–Kier alpha value is -1.99. The Bertz CT molecular complexity index is 1120. The molecule has 0 radical (unpaired) electrons. The van der Waals surface area contributed by atoms with Gasteiger partial charge in [0.05, 0.1) is 16.3 Å². The smallest absolute Gasteiger partial charge is 0.243 e. The Labute approximate surface area is 179 Å². The molecule has 1 aliphatic heterocycles. The van der Waals surface area contributed by atoms with Crippen LogP contribution in [-0.4, -0.2) is 58.2 Å². The summed E-state index contributed by atoms with van der Waals surface area (Å²) in [7, 11) is -7.66. The highest BCUT2D eigenvalue weighted by molar-refractivity contribution is 7.99. The van der Waals surface area contributed by atoms with E-state index >= 15 is 0 Å². The third-order valence-corrected chi connectivity index (χ3v) is 8.53. The minimum atomic E-state index is -3.99. The average Bonchev–Trinajstić information content (AvgIpc) is 2.73. The summed E-state index contributed by atoms with van der Waals surface area (Å²) in [6.07, 6.45) is 0. The van der Waals surface area contributed by atoms with E-state index < -0.39 is 38.3 Å². The summed E-state index contributed by atoms with van der Waals surface area (Å²) in [5.41, 5.74) is 0.230. The number of amides is 1. The molecule has 162 valence electrons. The molecule has 3 rings (SSSR count). The van der Waals surface area contributed by atoms with Gasteiger partial charge in [-0.2, -0.15) is 16.1 Å². The third kappa shape index (κ3) is 5.58. The Kier molecular flexibility index (Phi) is 7.14. The molecule has 0 aliphatic carbocycles. The van der Waals surface area contributed by atoms with Gasteiger partial charge in [0.15, 0.2) is 0 Å².